The van der Waals surface area contributed by atoms with Gasteiger partial charge < -0.3 is 9.73 Å². The van der Waals surface area contributed by atoms with Crippen LogP contribution in [0.2, 0.25) is 0 Å². The van der Waals surface area contributed by atoms with Crippen LogP contribution in [0.1, 0.15) is 25.4 Å². The highest BCUT2D eigenvalue weighted by molar-refractivity contribution is 7.89. The zero-order chi connectivity index (χ0) is 13.2. The molecule has 0 bridgehead atoms. The molecule has 0 aromatic carbocycles. The second kappa shape index (κ2) is 5.20. The van der Waals surface area contributed by atoms with E-state index in [2.05, 4.69) is 5.32 Å². The van der Waals surface area contributed by atoms with Crippen molar-refractivity contribution in [1.82, 2.24) is 9.62 Å². The van der Waals surface area contributed by atoms with Crippen LogP contribution in [0.3, 0.4) is 0 Å². The Labute approximate surface area is 103 Å². The summed E-state index contributed by atoms with van der Waals surface area (Å²) >= 11 is 0. The van der Waals surface area contributed by atoms with Crippen molar-refractivity contribution in [1.29, 1.82) is 0 Å². The zero-order valence-corrected chi connectivity index (χ0v) is 11.8. The molecule has 98 valence electrons. The molecule has 0 aliphatic heterocycles. The van der Waals surface area contributed by atoms with Crippen molar-refractivity contribution in [2.45, 2.75) is 38.3 Å². The van der Waals surface area contributed by atoms with Gasteiger partial charge in [-0.05, 0) is 27.8 Å². The maximum absolute atomic E-state index is 12.3. The lowest BCUT2D eigenvalue weighted by atomic mass is 10.4. The van der Waals surface area contributed by atoms with E-state index in [-0.39, 0.29) is 10.9 Å². The first kappa shape index (κ1) is 14.2. The van der Waals surface area contributed by atoms with Crippen molar-refractivity contribution >= 4 is 10.0 Å². The summed E-state index contributed by atoms with van der Waals surface area (Å²) in [5.74, 6) is 1.06. The van der Waals surface area contributed by atoms with Crippen LogP contribution in [0.15, 0.2) is 15.4 Å². The number of hydrogen-bond donors (Lipinski definition) is 1. The third-order valence-electron chi connectivity index (χ3n) is 2.66. The van der Waals surface area contributed by atoms with Crippen LogP contribution in [0, 0.1) is 6.92 Å². The van der Waals surface area contributed by atoms with Gasteiger partial charge in [-0.2, -0.15) is 4.31 Å². The predicted molar refractivity (Wildman–Crippen MR) is 66.3 cm³/mol. The van der Waals surface area contributed by atoms with Gasteiger partial charge >= 0.3 is 0 Å². The van der Waals surface area contributed by atoms with Gasteiger partial charge in [0.25, 0.3) is 0 Å². The summed E-state index contributed by atoms with van der Waals surface area (Å²) in [6.45, 7) is 5.85. The van der Waals surface area contributed by atoms with E-state index in [9.17, 15) is 8.42 Å². The summed E-state index contributed by atoms with van der Waals surface area (Å²) in [5.41, 5.74) is 0. The lowest BCUT2D eigenvalue weighted by Crippen LogP contribution is -2.33. The molecule has 1 aromatic rings. The van der Waals surface area contributed by atoms with Gasteiger partial charge in [-0.3, -0.25) is 0 Å². The van der Waals surface area contributed by atoms with E-state index in [1.165, 1.54) is 4.31 Å². The quantitative estimate of drug-likeness (QED) is 0.867. The van der Waals surface area contributed by atoms with Crippen molar-refractivity contribution in [3.05, 3.63) is 17.6 Å². The van der Waals surface area contributed by atoms with Crippen LogP contribution in [-0.2, 0) is 16.6 Å². The van der Waals surface area contributed by atoms with Gasteiger partial charge in [0.05, 0.1) is 6.54 Å². The van der Waals surface area contributed by atoms with Gasteiger partial charge in [0.2, 0.25) is 10.0 Å². The lowest BCUT2D eigenvalue weighted by Gasteiger charge is -2.20. The van der Waals surface area contributed by atoms with E-state index in [4.69, 9.17) is 4.42 Å². The van der Waals surface area contributed by atoms with Gasteiger partial charge in [0.1, 0.15) is 16.4 Å². The molecule has 5 nitrogen and oxygen atoms in total. The molecule has 0 amide bonds. The van der Waals surface area contributed by atoms with Gasteiger partial charge in [-0.1, -0.05) is 0 Å². The van der Waals surface area contributed by atoms with Crippen molar-refractivity contribution in [2.75, 3.05) is 14.1 Å². The maximum Gasteiger partial charge on any atom is 0.246 e. The fourth-order valence-corrected chi connectivity index (χ4v) is 3.03. The largest absolute Gasteiger partial charge is 0.464 e. The Morgan fingerprint density at radius 3 is 2.53 bits per heavy atom. The second-order valence-corrected chi connectivity index (χ2v) is 6.24. The predicted octanol–water partition coefficient (Wildman–Crippen LogP) is 1.34. The fraction of sp³-hybridized carbons (Fsp3) is 0.636. The standard InChI is InChI=1S/C11H20N2O3S/c1-8(2)13(5)17(14,15)11-6-10(7-12-4)16-9(11)3/h6,8,12H,7H2,1-5H3. The van der Waals surface area contributed by atoms with Gasteiger partial charge in [0, 0.05) is 19.2 Å². The van der Waals surface area contributed by atoms with Crippen LogP contribution in [-0.4, -0.2) is 32.9 Å². The van der Waals surface area contributed by atoms with Crippen LogP contribution < -0.4 is 5.32 Å². The Morgan fingerprint density at radius 1 is 1.47 bits per heavy atom. The highest BCUT2D eigenvalue weighted by atomic mass is 32.2. The number of furan rings is 1. The molecular formula is C11H20N2O3S. The van der Waals surface area contributed by atoms with Gasteiger partial charge in [0.15, 0.2) is 0 Å². The van der Waals surface area contributed by atoms with Crippen molar-refractivity contribution in [2.24, 2.45) is 0 Å². The molecular weight excluding hydrogens is 240 g/mol. The summed E-state index contributed by atoms with van der Waals surface area (Å²) in [5, 5.41) is 2.93. The number of aryl methyl sites for hydroxylation is 1. The number of sulfonamides is 1. The molecule has 1 rings (SSSR count). The first-order valence-corrected chi connectivity index (χ1v) is 6.96. The normalized spacial score (nSPS) is 12.6. The lowest BCUT2D eigenvalue weighted by molar-refractivity contribution is 0.408. The second-order valence-electron chi connectivity index (χ2n) is 4.28. The maximum atomic E-state index is 12.3. The molecule has 6 heteroatoms. The van der Waals surface area contributed by atoms with E-state index in [1.807, 2.05) is 13.8 Å². The minimum Gasteiger partial charge on any atom is -0.464 e. The number of nitrogens with one attached hydrogen (secondary N) is 1. The van der Waals surface area contributed by atoms with Gasteiger partial charge in [-0.25, -0.2) is 8.42 Å². The highest BCUT2D eigenvalue weighted by Gasteiger charge is 2.27. The molecule has 0 saturated heterocycles. The average Bonchev–Trinajstić information content (AvgIpc) is 2.59. The molecule has 0 aliphatic carbocycles. The number of rotatable bonds is 5. The highest BCUT2D eigenvalue weighted by Crippen LogP contribution is 2.23. The van der Waals surface area contributed by atoms with Crippen LogP contribution in [0.5, 0.6) is 0 Å². The minimum absolute atomic E-state index is 0.0814. The Kier molecular flexibility index (Phi) is 4.35. The zero-order valence-electron chi connectivity index (χ0n) is 10.9. The molecule has 0 fully saturated rings. The Bertz CT molecular complexity index is 477. The van der Waals surface area contributed by atoms with E-state index in [0.717, 1.165) is 0 Å². The van der Waals surface area contributed by atoms with Gasteiger partial charge in [-0.15, -0.1) is 0 Å². The SMILES string of the molecule is CNCc1cc(S(=O)(=O)N(C)C(C)C)c(C)o1. The molecule has 0 saturated carbocycles. The van der Waals surface area contributed by atoms with Crippen LogP contribution >= 0.6 is 0 Å². The van der Waals surface area contributed by atoms with E-state index in [1.54, 1.807) is 27.1 Å². The Balaban J connectivity index is 3.15. The summed E-state index contributed by atoms with van der Waals surface area (Å²) in [7, 11) is -0.0970. The topological polar surface area (TPSA) is 62.6 Å². The van der Waals surface area contributed by atoms with Crippen molar-refractivity contribution in [3.63, 3.8) is 0 Å². The molecule has 0 radical (unpaired) electrons. The first-order chi connectivity index (χ1) is 7.80. The summed E-state index contributed by atoms with van der Waals surface area (Å²) in [6.07, 6.45) is 0. The summed E-state index contributed by atoms with van der Waals surface area (Å²) < 4.78 is 31.3. The fourth-order valence-electron chi connectivity index (χ4n) is 1.47. The third kappa shape index (κ3) is 2.88. The Morgan fingerprint density at radius 2 is 2.06 bits per heavy atom. The van der Waals surface area contributed by atoms with Crippen molar-refractivity contribution in [3.8, 4) is 0 Å². The van der Waals surface area contributed by atoms with E-state index < -0.39 is 10.0 Å². The monoisotopic (exact) mass is 260 g/mol. The summed E-state index contributed by atoms with van der Waals surface area (Å²) in [4.78, 5) is 0.249. The molecule has 0 unspecified atom stereocenters. The molecule has 17 heavy (non-hydrogen) atoms. The van der Waals surface area contributed by atoms with Crippen LogP contribution in [0.4, 0.5) is 0 Å². The first-order valence-electron chi connectivity index (χ1n) is 5.52. The number of nitrogens with zero attached hydrogens (tertiary/aromatic N) is 1. The smallest absolute Gasteiger partial charge is 0.246 e. The number of hydrogen-bond acceptors (Lipinski definition) is 4. The summed E-state index contributed by atoms with van der Waals surface area (Å²) in [6, 6.07) is 1.50. The Hall–Kier alpha value is -0.850. The van der Waals surface area contributed by atoms with E-state index >= 15 is 0 Å². The molecule has 1 N–H and O–H groups in total. The molecule has 0 atom stereocenters. The average molecular weight is 260 g/mol. The molecule has 0 aliphatic rings. The third-order valence-corrected chi connectivity index (χ3v) is 4.80. The van der Waals surface area contributed by atoms with Crippen molar-refractivity contribution < 1.29 is 12.8 Å². The molecule has 1 aromatic heterocycles. The van der Waals surface area contributed by atoms with E-state index in [0.29, 0.717) is 18.1 Å². The minimum atomic E-state index is -3.45. The molecule has 0 spiro atoms. The van der Waals surface area contributed by atoms with Crippen LogP contribution in [0.25, 0.3) is 0 Å². The molecule has 1 heterocycles.